The van der Waals surface area contributed by atoms with Crippen molar-refractivity contribution in [1.29, 1.82) is 0 Å². The fraction of sp³-hybridized carbons (Fsp3) is 0.300. The smallest absolute Gasteiger partial charge is 0.306 e. The highest BCUT2D eigenvalue weighted by molar-refractivity contribution is 6.30. The molecule has 1 amide bonds. The molecule has 28 heavy (non-hydrogen) atoms. The summed E-state index contributed by atoms with van der Waals surface area (Å²) in [5, 5.41) is 2.58. The van der Waals surface area contributed by atoms with Crippen LogP contribution in [-0.4, -0.2) is 32.2 Å². The minimum absolute atomic E-state index is 0.0409. The van der Waals surface area contributed by atoms with Gasteiger partial charge in [-0.05, 0) is 49.2 Å². The average Bonchev–Trinajstić information content (AvgIpc) is 2.68. The van der Waals surface area contributed by atoms with Crippen LogP contribution in [0.1, 0.15) is 18.9 Å². The number of nitrogens with one attached hydrogen (secondary N) is 1. The summed E-state index contributed by atoms with van der Waals surface area (Å²) in [5.41, 5.74) is 0.786. The number of ether oxygens (including phenoxy) is 3. The Morgan fingerprint density at radius 3 is 2.32 bits per heavy atom. The van der Waals surface area contributed by atoms with Gasteiger partial charge in [0.1, 0.15) is 17.3 Å². The van der Waals surface area contributed by atoms with E-state index in [1.165, 1.54) is 33.3 Å². The number of rotatable bonds is 8. The zero-order valence-corrected chi connectivity index (χ0v) is 16.5. The Balaban J connectivity index is 1.89. The van der Waals surface area contributed by atoms with Gasteiger partial charge in [-0.15, -0.1) is 0 Å². The molecule has 1 N–H and O–H groups in total. The standard InChI is InChI=1S/C20H21ClFNO5/c1-12(20(25)23-18-6-5-14(21)10-17(18)22)28-19(24)7-4-13-8-15(26-2)11-16(9-13)27-3/h5-6,8-12H,4,7H2,1-3H3,(H,23,25)/t12-/m1/s1. The lowest BCUT2D eigenvalue weighted by Gasteiger charge is -2.14. The molecule has 2 aromatic carbocycles. The van der Waals surface area contributed by atoms with E-state index in [0.717, 1.165) is 11.6 Å². The Kier molecular flexibility index (Phi) is 7.63. The normalized spacial score (nSPS) is 11.5. The van der Waals surface area contributed by atoms with Crippen LogP contribution in [0.25, 0.3) is 0 Å². The van der Waals surface area contributed by atoms with Crippen molar-refractivity contribution in [3.8, 4) is 11.5 Å². The van der Waals surface area contributed by atoms with Crippen molar-refractivity contribution >= 4 is 29.2 Å². The highest BCUT2D eigenvalue weighted by atomic mass is 35.5. The molecule has 2 rings (SSSR count). The number of carbonyl (C=O) groups excluding carboxylic acids is 2. The van der Waals surface area contributed by atoms with E-state index in [-0.39, 0.29) is 17.1 Å². The molecule has 0 aliphatic rings. The molecule has 1 atom stereocenters. The number of aryl methyl sites for hydroxylation is 1. The number of esters is 1. The second-order valence-electron chi connectivity index (χ2n) is 5.97. The van der Waals surface area contributed by atoms with E-state index in [0.29, 0.717) is 17.9 Å². The van der Waals surface area contributed by atoms with Gasteiger partial charge in [0.2, 0.25) is 0 Å². The third-order valence-electron chi connectivity index (χ3n) is 3.90. The van der Waals surface area contributed by atoms with Crippen molar-refractivity contribution < 1.29 is 28.2 Å². The average molecular weight is 410 g/mol. The van der Waals surface area contributed by atoms with Gasteiger partial charge >= 0.3 is 5.97 Å². The van der Waals surface area contributed by atoms with E-state index in [4.69, 9.17) is 25.8 Å². The topological polar surface area (TPSA) is 73.9 Å². The van der Waals surface area contributed by atoms with Crippen molar-refractivity contribution in [2.75, 3.05) is 19.5 Å². The van der Waals surface area contributed by atoms with Gasteiger partial charge in [0.25, 0.3) is 5.91 Å². The second-order valence-corrected chi connectivity index (χ2v) is 6.40. The third-order valence-corrected chi connectivity index (χ3v) is 4.13. The maximum Gasteiger partial charge on any atom is 0.306 e. The number of amides is 1. The van der Waals surface area contributed by atoms with Crippen LogP contribution in [0.4, 0.5) is 10.1 Å². The van der Waals surface area contributed by atoms with Crippen LogP contribution in [-0.2, 0) is 20.7 Å². The van der Waals surface area contributed by atoms with E-state index in [2.05, 4.69) is 5.32 Å². The van der Waals surface area contributed by atoms with Gasteiger partial charge in [-0.1, -0.05) is 11.6 Å². The van der Waals surface area contributed by atoms with Crippen LogP contribution < -0.4 is 14.8 Å². The largest absolute Gasteiger partial charge is 0.497 e. The van der Waals surface area contributed by atoms with Gasteiger partial charge in [0.15, 0.2) is 6.10 Å². The number of carbonyl (C=O) groups is 2. The Bertz CT molecular complexity index is 836. The van der Waals surface area contributed by atoms with E-state index >= 15 is 0 Å². The van der Waals surface area contributed by atoms with Gasteiger partial charge in [0.05, 0.1) is 19.9 Å². The maximum absolute atomic E-state index is 13.7. The lowest BCUT2D eigenvalue weighted by molar-refractivity contribution is -0.153. The molecule has 0 fully saturated rings. The number of halogens is 2. The lowest BCUT2D eigenvalue weighted by Crippen LogP contribution is -2.30. The third kappa shape index (κ3) is 6.13. The summed E-state index contributed by atoms with van der Waals surface area (Å²) in [4.78, 5) is 24.2. The van der Waals surface area contributed by atoms with Gasteiger partial charge in [-0.3, -0.25) is 9.59 Å². The summed E-state index contributed by atoms with van der Waals surface area (Å²) >= 11 is 5.67. The van der Waals surface area contributed by atoms with Crippen LogP contribution in [0, 0.1) is 5.82 Å². The number of hydrogen-bond donors (Lipinski definition) is 1. The molecule has 0 spiro atoms. The van der Waals surface area contributed by atoms with E-state index in [1.807, 2.05) is 0 Å². The predicted octanol–water partition coefficient (Wildman–Crippen LogP) is 4.00. The molecule has 0 aliphatic carbocycles. The summed E-state index contributed by atoms with van der Waals surface area (Å²) in [6.07, 6.45) is -0.641. The summed E-state index contributed by atoms with van der Waals surface area (Å²) in [6.45, 7) is 1.41. The van der Waals surface area contributed by atoms with Crippen molar-refractivity contribution in [2.45, 2.75) is 25.9 Å². The Morgan fingerprint density at radius 2 is 1.75 bits per heavy atom. The SMILES string of the molecule is COc1cc(CCC(=O)O[C@H](C)C(=O)Nc2ccc(Cl)cc2F)cc(OC)c1. The van der Waals surface area contributed by atoms with Crippen LogP contribution in [0.15, 0.2) is 36.4 Å². The Morgan fingerprint density at radius 1 is 1.11 bits per heavy atom. The summed E-state index contributed by atoms with van der Waals surface area (Å²) < 4.78 is 29.2. The first kappa shape index (κ1) is 21.5. The van der Waals surface area contributed by atoms with Crippen LogP contribution in [0.3, 0.4) is 0 Å². The number of methoxy groups -OCH3 is 2. The highest BCUT2D eigenvalue weighted by Crippen LogP contribution is 2.23. The van der Waals surface area contributed by atoms with E-state index in [9.17, 15) is 14.0 Å². The van der Waals surface area contributed by atoms with Gasteiger partial charge in [-0.2, -0.15) is 0 Å². The Hall–Kier alpha value is -2.80. The quantitative estimate of drug-likeness (QED) is 0.667. The molecule has 0 radical (unpaired) electrons. The molecule has 2 aromatic rings. The summed E-state index contributed by atoms with van der Waals surface area (Å²) in [6, 6.07) is 9.16. The zero-order valence-electron chi connectivity index (χ0n) is 15.8. The van der Waals surface area contributed by atoms with Crippen LogP contribution >= 0.6 is 11.6 Å². The van der Waals surface area contributed by atoms with Crippen molar-refractivity contribution in [1.82, 2.24) is 0 Å². The van der Waals surface area contributed by atoms with Crippen molar-refractivity contribution in [2.24, 2.45) is 0 Å². The van der Waals surface area contributed by atoms with Crippen molar-refractivity contribution in [3.05, 3.63) is 52.8 Å². The zero-order chi connectivity index (χ0) is 20.7. The van der Waals surface area contributed by atoms with Gasteiger partial charge < -0.3 is 19.5 Å². The minimum Gasteiger partial charge on any atom is -0.497 e. The molecular formula is C20H21ClFNO5. The van der Waals surface area contributed by atoms with E-state index < -0.39 is 23.8 Å². The monoisotopic (exact) mass is 409 g/mol. The summed E-state index contributed by atoms with van der Waals surface area (Å²) in [7, 11) is 3.08. The molecule has 6 nitrogen and oxygen atoms in total. The van der Waals surface area contributed by atoms with Gasteiger partial charge in [-0.25, -0.2) is 4.39 Å². The fourth-order valence-electron chi connectivity index (χ4n) is 2.39. The molecule has 0 aromatic heterocycles. The van der Waals surface area contributed by atoms with Crippen molar-refractivity contribution in [3.63, 3.8) is 0 Å². The lowest BCUT2D eigenvalue weighted by atomic mass is 10.1. The minimum atomic E-state index is -1.08. The number of hydrogen-bond acceptors (Lipinski definition) is 5. The maximum atomic E-state index is 13.7. The predicted molar refractivity (Wildman–Crippen MR) is 103 cm³/mol. The first-order valence-corrected chi connectivity index (χ1v) is 8.87. The second kappa shape index (κ2) is 9.94. The first-order chi connectivity index (χ1) is 13.3. The molecule has 150 valence electrons. The molecular weight excluding hydrogens is 389 g/mol. The molecule has 0 saturated carbocycles. The molecule has 8 heteroatoms. The number of anilines is 1. The molecule has 0 saturated heterocycles. The first-order valence-electron chi connectivity index (χ1n) is 8.49. The Labute approximate surface area is 167 Å². The highest BCUT2D eigenvalue weighted by Gasteiger charge is 2.19. The van der Waals surface area contributed by atoms with E-state index in [1.54, 1.807) is 18.2 Å². The molecule has 0 heterocycles. The van der Waals surface area contributed by atoms with Gasteiger partial charge in [0, 0.05) is 17.5 Å². The van der Waals surface area contributed by atoms with Crippen LogP contribution in [0.5, 0.6) is 11.5 Å². The molecule has 0 aliphatic heterocycles. The fourth-order valence-corrected chi connectivity index (χ4v) is 2.55. The number of benzene rings is 2. The van der Waals surface area contributed by atoms with Crippen LogP contribution in [0.2, 0.25) is 5.02 Å². The summed E-state index contributed by atoms with van der Waals surface area (Å²) in [5.74, 6) is -0.647. The molecule has 0 unspecified atom stereocenters. The molecule has 0 bridgehead atoms.